The van der Waals surface area contributed by atoms with Gasteiger partial charge in [-0.25, -0.2) is 4.98 Å². The van der Waals surface area contributed by atoms with Crippen molar-refractivity contribution in [3.8, 4) is 11.6 Å². The maximum absolute atomic E-state index is 13.2. The van der Waals surface area contributed by atoms with E-state index in [1.807, 2.05) is 17.9 Å². The van der Waals surface area contributed by atoms with Crippen LogP contribution in [0, 0.1) is 17.4 Å². The summed E-state index contributed by atoms with van der Waals surface area (Å²) in [5, 5.41) is 0. The average molecular weight is 494 g/mol. The fraction of sp³-hybridized carbons (Fsp3) is 0.455. The summed E-state index contributed by atoms with van der Waals surface area (Å²) < 4.78 is 12.4. The highest BCUT2D eigenvalue weighted by atomic mass is 127. The normalized spacial score (nSPS) is 13.5. The van der Waals surface area contributed by atoms with Gasteiger partial charge in [-0.2, -0.15) is 0 Å². The lowest BCUT2D eigenvalue weighted by atomic mass is 9.97. The number of hydrogen-bond acceptors (Lipinski definition) is 4. The molecule has 2 heterocycles. The van der Waals surface area contributed by atoms with Crippen LogP contribution in [0.25, 0.3) is 0 Å². The fourth-order valence-corrected chi connectivity index (χ4v) is 4.23. The van der Waals surface area contributed by atoms with E-state index >= 15 is 0 Å². The van der Waals surface area contributed by atoms with Crippen LogP contribution in [0.4, 0.5) is 0 Å². The molecule has 0 bridgehead atoms. The SMILES string of the molecule is CCCCOc1nc(C)cc(C)c1CN1CCc2cc(I)c(OC)cc2C1=O. The molecule has 0 unspecified atom stereocenters. The number of carbonyl (C=O) groups excluding carboxylic acids is 1. The molecular formula is C22H27IN2O3. The number of pyridine rings is 1. The number of fused-ring (bicyclic) bond motifs is 1. The van der Waals surface area contributed by atoms with Gasteiger partial charge in [-0.15, -0.1) is 0 Å². The van der Waals surface area contributed by atoms with Crippen LogP contribution < -0.4 is 9.47 Å². The minimum absolute atomic E-state index is 0.0374. The Bertz CT molecular complexity index is 883. The van der Waals surface area contributed by atoms with E-state index in [-0.39, 0.29) is 5.91 Å². The smallest absolute Gasteiger partial charge is 0.254 e. The van der Waals surface area contributed by atoms with Crippen LogP contribution in [0.1, 0.15) is 52.5 Å². The maximum atomic E-state index is 13.2. The van der Waals surface area contributed by atoms with E-state index in [0.717, 1.165) is 56.5 Å². The molecule has 0 saturated carbocycles. The molecule has 1 aliphatic rings. The zero-order chi connectivity index (χ0) is 20.3. The monoisotopic (exact) mass is 494 g/mol. The first kappa shape index (κ1) is 20.9. The second kappa shape index (κ2) is 9.11. The molecule has 1 aromatic carbocycles. The molecule has 5 nitrogen and oxygen atoms in total. The van der Waals surface area contributed by atoms with Gasteiger partial charge < -0.3 is 14.4 Å². The lowest BCUT2D eigenvalue weighted by Crippen LogP contribution is -2.37. The van der Waals surface area contributed by atoms with E-state index in [0.29, 0.717) is 25.6 Å². The van der Waals surface area contributed by atoms with Crippen molar-refractivity contribution in [2.75, 3.05) is 20.3 Å². The average Bonchev–Trinajstić information content (AvgIpc) is 2.66. The Morgan fingerprint density at radius 2 is 2.04 bits per heavy atom. The number of benzene rings is 1. The van der Waals surface area contributed by atoms with Crippen molar-refractivity contribution in [2.45, 2.75) is 46.6 Å². The molecule has 0 spiro atoms. The Morgan fingerprint density at radius 3 is 2.75 bits per heavy atom. The molecule has 150 valence electrons. The number of ether oxygens (including phenoxy) is 2. The van der Waals surface area contributed by atoms with Crippen LogP contribution in [0.3, 0.4) is 0 Å². The third-order valence-electron chi connectivity index (χ3n) is 5.07. The molecule has 3 rings (SSSR count). The van der Waals surface area contributed by atoms with Gasteiger partial charge in [-0.1, -0.05) is 13.3 Å². The van der Waals surface area contributed by atoms with Crippen molar-refractivity contribution in [3.05, 3.63) is 49.7 Å². The summed E-state index contributed by atoms with van der Waals surface area (Å²) in [7, 11) is 1.64. The van der Waals surface area contributed by atoms with Gasteiger partial charge in [-0.05, 0) is 78.6 Å². The van der Waals surface area contributed by atoms with Gasteiger partial charge in [0.15, 0.2) is 0 Å². The summed E-state index contributed by atoms with van der Waals surface area (Å²) in [5.41, 5.74) is 4.86. The Morgan fingerprint density at radius 1 is 1.25 bits per heavy atom. The molecular weight excluding hydrogens is 467 g/mol. The van der Waals surface area contributed by atoms with E-state index in [4.69, 9.17) is 9.47 Å². The lowest BCUT2D eigenvalue weighted by molar-refractivity contribution is 0.0724. The number of halogens is 1. The number of hydrogen-bond donors (Lipinski definition) is 0. The molecule has 0 fully saturated rings. The van der Waals surface area contributed by atoms with E-state index in [2.05, 4.69) is 53.6 Å². The van der Waals surface area contributed by atoms with Crippen LogP contribution >= 0.6 is 22.6 Å². The molecule has 0 atom stereocenters. The molecule has 2 aromatic rings. The van der Waals surface area contributed by atoms with Crippen LogP contribution in [0.15, 0.2) is 18.2 Å². The number of amides is 1. The van der Waals surface area contributed by atoms with Crippen molar-refractivity contribution in [3.63, 3.8) is 0 Å². The molecule has 0 aliphatic carbocycles. The first-order valence-corrected chi connectivity index (χ1v) is 10.8. The van der Waals surface area contributed by atoms with Crippen molar-refractivity contribution in [1.82, 2.24) is 9.88 Å². The van der Waals surface area contributed by atoms with Crippen LogP contribution in [-0.4, -0.2) is 36.1 Å². The number of nitrogens with zero attached hydrogens (tertiary/aromatic N) is 2. The summed E-state index contributed by atoms with van der Waals surface area (Å²) in [6.45, 7) is 8.01. The number of unbranched alkanes of at least 4 members (excludes halogenated alkanes) is 1. The Hall–Kier alpha value is -1.83. The number of carbonyl (C=O) groups is 1. The van der Waals surface area contributed by atoms with E-state index < -0.39 is 0 Å². The lowest BCUT2D eigenvalue weighted by Gasteiger charge is -2.30. The molecule has 28 heavy (non-hydrogen) atoms. The number of rotatable bonds is 7. The zero-order valence-electron chi connectivity index (χ0n) is 17.0. The third-order valence-corrected chi connectivity index (χ3v) is 5.91. The molecule has 0 N–H and O–H groups in total. The van der Waals surface area contributed by atoms with Crippen molar-refractivity contribution in [1.29, 1.82) is 0 Å². The Kier molecular flexibility index (Phi) is 6.80. The van der Waals surface area contributed by atoms with Crippen LogP contribution in [0.5, 0.6) is 11.6 Å². The van der Waals surface area contributed by atoms with E-state index in [9.17, 15) is 4.79 Å². The molecule has 0 radical (unpaired) electrons. The van der Waals surface area contributed by atoms with Gasteiger partial charge in [0.1, 0.15) is 5.75 Å². The standard InChI is InChI=1S/C22H27IN2O3/c1-5-6-9-28-21-18(14(2)10-15(3)24-21)13-25-8-7-16-11-19(23)20(27-4)12-17(16)22(25)26/h10-12H,5-9,13H2,1-4H3. The second-order valence-electron chi connectivity index (χ2n) is 7.19. The summed E-state index contributed by atoms with van der Waals surface area (Å²) in [5.74, 6) is 1.44. The van der Waals surface area contributed by atoms with Gasteiger partial charge in [0, 0.05) is 23.4 Å². The predicted octanol–water partition coefficient (Wildman–Crippen LogP) is 4.69. The summed E-state index contributed by atoms with van der Waals surface area (Å²) in [6.07, 6.45) is 2.90. The van der Waals surface area contributed by atoms with Gasteiger partial charge >= 0.3 is 0 Å². The predicted molar refractivity (Wildman–Crippen MR) is 118 cm³/mol. The van der Waals surface area contributed by atoms with Crippen molar-refractivity contribution >= 4 is 28.5 Å². The van der Waals surface area contributed by atoms with Gasteiger partial charge in [0.2, 0.25) is 5.88 Å². The maximum Gasteiger partial charge on any atom is 0.254 e. The van der Waals surface area contributed by atoms with E-state index in [1.54, 1.807) is 7.11 Å². The summed E-state index contributed by atoms with van der Waals surface area (Å²) in [4.78, 5) is 19.6. The zero-order valence-corrected chi connectivity index (χ0v) is 19.1. The summed E-state index contributed by atoms with van der Waals surface area (Å²) >= 11 is 2.25. The molecule has 0 saturated heterocycles. The Labute approximate surface area is 180 Å². The second-order valence-corrected chi connectivity index (χ2v) is 8.35. The molecule has 1 amide bonds. The largest absolute Gasteiger partial charge is 0.496 e. The summed E-state index contributed by atoms with van der Waals surface area (Å²) in [6, 6.07) is 5.97. The van der Waals surface area contributed by atoms with E-state index in [1.165, 1.54) is 0 Å². The van der Waals surface area contributed by atoms with Crippen LogP contribution in [-0.2, 0) is 13.0 Å². The van der Waals surface area contributed by atoms with Crippen molar-refractivity contribution < 1.29 is 14.3 Å². The number of aromatic nitrogens is 1. The number of methoxy groups -OCH3 is 1. The van der Waals surface area contributed by atoms with Gasteiger partial charge in [0.05, 0.1) is 23.8 Å². The van der Waals surface area contributed by atoms with Crippen molar-refractivity contribution in [2.24, 2.45) is 0 Å². The quantitative estimate of drug-likeness (QED) is 0.414. The molecule has 1 aromatic heterocycles. The third kappa shape index (κ3) is 4.42. The topological polar surface area (TPSA) is 51.7 Å². The Balaban J connectivity index is 1.87. The number of aryl methyl sites for hydroxylation is 2. The highest BCUT2D eigenvalue weighted by Crippen LogP contribution is 2.31. The van der Waals surface area contributed by atoms with Crippen LogP contribution in [0.2, 0.25) is 0 Å². The van der Waals surface area contributed by atoms with Gasteiger partial charge in [-0.3, -0.25) is 4.79 Å². The minimum atomic E-state index is 0.0374. The van der Waals surface area contributed by atoms with Gasteiger partial charge in [0.25, 0.3) is 5.91 Å². The highest BCUT2D eigenvalue weighted by Gasteiger charge is 2.27. The minimum Gasteiger partial charge on any atom is -0.496 e. The highest BCUT2D eigenvalue weighted by molar-refractivity contribution is 14.1. The fourth-order valence-electron chi connectivity index (χ4n) is 3.48. The first-order chi connectivity index (χ1) is 13.4. The molecule has 1 aliphatic heterocycles. The molecule has 6 heteroatoms. The first-order valence-electron chi connectivity index (χ1n) is 9.70.